The van der Waals surface area contributed by atoms with Gasteiger partial charge in [-0.2, -0.15) is 4.98 Å². The van der Waals surface area contributed by atoms with Crippen molar-refractivity contribution in [3.8, 4) is 11.5 Å². The second-order valence-electron chi connectivity index (χ2n) is 4.95. The van der Waals surface area contributed by atoms with E-state index in [2.05, 4.69) is 25.4 Å². The van der Waals surface area contributed by atoms with Gasteiger partial charge in [-0.15, -0.1) is 0 Å². The van der Waals surface area contributed by atoms with Gasteiger partial charge in [0.1, 0.15) is 0 Å². The summed E-state index contributed by atoms with van der Waals surface area (Å²) in [5.74, 6) is 0.251. The summed E-state index contributed by atoms with van der Waals surface area (Å²) in [7, 11) is 0. The highest BCUT2D eigenvalue weighted by Gasteiger charge is 2.20. The molecule has 9 heteroatoms. The highest BCUT2D eigenvalue weighted by Crippen LogP contribution is 2.21. The fourth-order valence-corrected chi connectivity index (χ4v) is 2.10. The normalized spacial score (nSPS) is 11.9. The molecule has 1 unspecified atom stereocenters. The predicted octanol–water partition coefficient (Wildman–Crippen LogP) is 2.25. The molecule has 0 spiro atoms. The molecule has 1 atom stereocenters. The van der Waals surface area contributed by atoms with Gasteiger partial charge in [-0.1, -0.05) is 16.8 Å². The minimum atomic E-state index is -0.497. The molecule has 2 heterocycles. The zero-order chi connectivity index (χ0) is 17.1. The highest BCUT2D eigenvalue weighted by molar-refractivity contribution is 6.30. The lowest BCUT2D eigenvalue weighted by atomic mass is 10.2. The summed E-state index contributed by atoms with van der Waals surface area (Å²) in [6.07, 6.45) is 2.80. The van der Waals surface area contributed by atoms with Crippen molar-refractivity contribution < 1.29 is 9.32 Å². The summed E-state index contributed by atoms with van der Waals surface area (Å²) < 4.78 is 5.21. The molecule has 122 valence electrons. The Bertz CT molecular complexity index is 864. The van der Waals surface area contributed by atoms with Crippen LogP contribution in [0, 0.1) is 0 Å². The molecule has 3 N–H and O–H groups in total. The highest BCUT2D eigenvalue weighted by atomic mass is 35.5. The number of aromatic nitrogens is 4. The molecule has 0 saturated carbocycles. The third-order valence-corrected chi connectivity index (χ3v) is 3.46. The van der Waals surface area contributed by atoms with Gasteiger partial charge >= 0.3 is 0 Å². The van der Waals surface area contributed by atoms with E-state index in [4.69, 9.17) is 21.9 Å². The maximum absolute atomic E-state index is 12.2. The number of amides is 1. The first-order valence-corrected chi connectivity index (χ1v) is 7.39. The Kier molecular flexibility index (Phi) is 4.39. The van der Waals surface area contributed by atoms with E-state index in [0.29, 0.717) is 16.7 Å². The maximum atomic E-state index is 12.2. The van der Waals surface area contributed by atoms with E-state index in [1.807, 2.05) is 0 Å². The molecule has 0 aliphatic carbocycles. The van der Waals surface area contributed by atoms with Crippen molar-refractivity contribution in [3.63, 3.8) is 0 Å². The van der Waals surface area contributed by atoms with E-state index in [9.17, 15) is 4.79 Å². The second-order valence-corrected chi connectivity index (χ2v) is 5.39. The number of carbonyl (C=O) groups excluding carboxylic acids is 1. The second kappa shape index (κ2) is 6.63. The third-order valence-electron chi connectivity index (χ3n) is 3.21. The van der Waals surface area contributed by atoms with Crippen LogP contribution in [-0.4, -0.2) is 26.0 Å². The van der Waals surface area contributed by atoms with Crippen LogP contribution in [0.25, 0.3) is 11.5 Å². The van der Waals surface area contributed by atoms with E-state index in [1.54, 1.807) is 31.2 Å². The molecule has 1 aromatic carbocycles. The summed E-state index contributed by atoms with van der Waals surface area (Å²) in [6, 6.07) is 6.49. The number of nitrogen functional groups attached to an aromatic ring is 1. The molecule has 0 radical (unpaired) electrons. The van der Waals surface area contributed by atoms with E-state index in [0.717, 1.165) is 5.56 Å². The van der Waals surface area contributed by atoms with Crippen LogP contribution >= 0.6 is 11.6 Å². The van der Waals surface area contributed by atoms with Gasteiger partial charge in [0.25, 0.3) is 11.8 Å². The van der Waals surface area contributed by atoms with Crippen molar-refractivity contribution in [1.82, 2.24) is 25.4 Å². The topological polar surface area (TPSA) is 120 Å². The molecule has 3 aromatic rings. The lowest BCUT2D eigenvalue weighted by Crippen LogP contribution is -2.29. The number of anilines is 1. The molecule has 0 aliphatic heterocycles. The molecule has 0 bridgehead atoms. The summed E-state index contributed by atoms with van der Waals surface area (Å²) in [5.41, 5.74) is 6.41. The summed E-state index contributed by atoms with van der Waals surface area (Å²) in [6.45, 7) is 1.72. The number of hydrogen-bond donors (Lipinski definition) is 2. The Morgan fingerprint density at radius 2 is 1.96 bits per heavy atom. The van der Waals surface area contributed by atoms with Gasteiger partial charge in [0.2, 0.25) is 0 Å². The monoisotopic (exact) mass is 344 g/mol. The van der Waals surface area contributed by atoms with Gasteiger partial charge in [0.15, 0.2) is 17.3 Å². The summed E-state index contributed by atoms with van der Waals surface area (Å²) in [5, 5.41) is 7.19. The molecule has 0 aliphatic rings. The first kappa shape index (κ1) is 15.9. The first-order chi connectivity index (χ1) is 11.5. The van der Waals surface area contributed by atoms with Gasteiger partial charge in [-0.25, -0.2) is 9.97 Å². The smallest absolute Gasteiger partial charge is 0.274 e. The Labute approximate surface area is 142 Å². The molecule has 0 saturated heterocycles. The minimum absolute atomic E-state index is 0.0470. The lowest BCUT2D eigenvalue weighted by molar-refractivity contribution is 0.0933. The van der Waals surface area contributed by atoms with Crippen molar-refractivity contribution in [2.75, 3.05) is 5.73 Å². The average molecular weight is 345 g/mol. The molecule has 2 aromatic heterocycles. The quantitative estimate of drug-likeness (QED) is 0.744. The SMILES string of the molecule is CC(NC(=O)c1nccnc1N)c1noc(-c2ccc(Cl)cc2)n1. The summed E-state index contributed by atoms with van der Waals surface area (Å²) >= 11 is 5.85. The molecular weight excluding hydrogens is 332 g/mol. The maximum Gasteiger partial charge on any atom is 0.274 e. The molecular formula is C15H13ClN6O2. The van der Waals surface area contributed by atoms with Gasteiger partial charge in [0, 0.05) is 23.0 Å². The van der Waals surface area contributed by atoms with Gasteiger partial charge in [-0.3, -0.25) is 4.79 Å². The van der Waals surface area contributed by atoms with Crippen LogP contribution < -0.4 is 11.1 Å². The molecule has 8 nitrogen and oxygen atoms in total. The molecule has 1 amide bonds. The number of hydrogen-bond acceptors (Lipinski definition) is 7. The van der Waals surface area contributed by atoms with Crippen molar-refractivity contribution in [2.45, 2.75) is 13.0 Å². The van der Waals surface area contributed by atoms with Gasteiger partial charge < -0.3 is 15.6 Å². The fourth-order valence-electron chi connectivity index (χ4n) is 1.97. The fraction of sp³-hybridized carbons (Fsp3) is 0.133. The zero-order valence-corrected chi connectivity index (χ0v) is 13.4. The zero-order valence-electron chi connectivity index (χ0n) is 12.6. The van der Waals surface area contributed by atoms with E-state index in [-0.39, 0.29) is 11.5 Å². The Hall–Kier alpha value is -3.00. The van der Waals surface area contributed by atoms with Crippen LogP contribution in [0.5, 0.6) is 0 Å². The third kappa shape index (κ3) is 3.33. The number of nitrogens with one attached hydrogen (secondary N) is 1. The number of nitrogens with two attached hydrogens (primary N) is 1. The first-order valence-electron chi connectivity index (χ1n) is 7.01. The summed E-state index contributed by atoms with van der Waals surface area (Å²) in [4.78, 5) is 24.2. The van der Waals surface area contributed by atoms with Crippen LogP contribution in [0.2, 0.25) is 5.02 Å². The molecule has 0 fully saturated rings. The largest absolute Gasteiger partial charge is 0.382 e. The Morgan fingerprint density at radius 3 is 2.67 bits per heavy atom. The van der Waals surface area contributed by atoms with Gasteiger partial charge in [-0.05, 0) is 31.2 Å². The predicted molar refractivity (Wildman–Crippen MR) is 87.1 cm³/mol. The van der Waals surface area contributed by atoms with Gasteiger partial charge in [0.05, 0.1) is 6.04 Å². The van der Waals surface area contributed by atoms with Crippen LogP contribution in [0.4, 0.5) is 5.82 Å². The van der Waals surface area contributed by atoms with Crippen LogP contribution in [0.15, 0.2) is 41.2 Å². The number of halogens is 1. The van der Waals surface area contributed by atoms with Crippen LogP contribution in [-0.2, 0) is 0 Å². The molecule has 3 rings (SSSR count). The molecule has 24 heavy (non-hydrogen) atoms. The van der Waals surface area contributed by atoms with Crippen molar-refractivity contribution in [2.24, 2.45) is 0 Å². The van der Waals surface area contributed by atoms with Crippen molar-refractivity contribution in [1.29, 1.82) is 0 Å². The van der Waals surface area contributed by atoms with E-state index < -0.39 is 11.9 Å². The van der Waals surface area contributed by atoms with E-state index in [1.165, 1.54) is 12.4 Å². The Morgan fingerprint density at radius 1 is 1.25 bits per heavy atom. The number of rotatable bonds is 4. The Balaban J connectivity index is 1.74. The van der Waals surface area contributed by atoms with Crippen LogP contribution in [0.3, 0.4) is 0 Å². The van der Waals surface area contributed by atoms with Crippen LogP contribution in [0.1, 0.15) is 29.3 Å². The number of nitrogens with zero attached hydrogens (tertiary/aromatic N) is 4. The minimum Gasteiger partial charge on any atom is -0.382 e. The van der Waals surface area contributed by atoms with Crippen molar-refractivity contribution >= 4 is 23.3 Å². The van der Waals surface area contributed by atoms with E-state index >= 15 is 0 Å². The number of benzene rings is 1. The average Bonchev–Trinajstić information content (AvgIpc) is 3.06. The van der Waals surface area contributed by atoms with Crippen molar-refractivity contribution in [3.05, 3.63) is 53.2 Å². The standard InChI is InChI=1S/C15H13ClN6O2/c1-8(20-14(23)11-12(17)19-7-6-18-11)13-21-15(24-22-13)9-2-4-10(16)5-3-9/h2-8H,1H3,(H2,17,19)(H,20,23). The number of carbonyl (C=O) groups is 1. The lowest BCUT2D eigenvalue weighted by Gasteiger charge is -2.09.